The first-order valence-corrected chi connectivity index (χ1v) is 6.78. The Morgan fingerprint density at radius 2 is 1.86 bits per heavy atom. The van der Waals surface area contributed by atoms with E-state index < -0.39 is 0 Å². The van der Waals surface area contributed by atoms with Gasteiger partial charge in [-0.15, -0.1) is 0 Å². The van der Waals surface area contributed by atoms with Crippen LogP contribution in [-0.4, -0.2) is 5.91 Å². The zero-order valence-electron chi connectivity index (χ0n) is 10.8. The van der Waals surface area contributed by atoms with Gasteiger partial charge in [0.15, 0.2) is 0 Å². The summed E-state index contributed by atoms with van der Waals surface area (Å²) >= 11 is 11.8. The summed E-state index contributed by atoms with van der Waals surface area (Å²) in [7, 11) is 0. The summed E-state index contributed by atoms with van der Waals surface area (Å²) in [6, 6.07) is 13.7. The van der Waals surface area contributed by atoms with Crippen LogP contribution in [0.15, 0.2) is 48.5 Å². The Kier molecular flexibility index (Phi) is 4.99. The first-order chi connectivity index (χ1) is 10.1. The number of anilines is 1. The molecule has 104 valence electrons. The number of hydrogen-bond donors (Lipinski definition) is 1. The SMILES string of the molecule is N#Cc1ccc(NC(=O)/C=C/c2ccc(Cl)cc2Cl)cc1. The number of benzene rings is 2. The quantitative estimate of drug-likeness (QED) is 0.846. The average Bonchev–Trinajstić information content (AvgIpc) is 2.47. The smallest absolute Gasteiger partial charge is 0.248 e. The summed E-state index contributed by atoms with van der Waals surface area (Å²) in [5, 5.41) is 12.4. The zero-order chi connectivity index (χ0) is 15.2. The van der Waals surface area contributed by atoms with E-state index in [2.05, 4.69) is 5.32 Å². The maximum absolute atomic E-state index is 11.8. The van der Waals surface area contributed by atoms with Crippen LogP contribution in [0.3, 0.4) is 0 Å². The van der Waals surface area contributed by atoms with Gasteiger partial charge in [-0.3, -0.25) is 4.79 Å². The Balaban J connectivity index is 2.03. The molecule has 0 atom stereocenters. The molecule has 0 bridgehead atoms. The molecule has 21 heavy (non-hydrogen) atoms. The van der Waals surface area contributed by atoms with Crippen LogP contribution < -0.4 is 5.32 Å². The number of hydrogen-bond acceptors (Lipinski definition) is 2. The van der Waals surface area contributed by atoms with Crippen molar-refractivity contribution in [3.05, 3.63) is 69.7 Å². The zero-order valence-corrected chi connectivity index (χ0v) is 12.3. The standard InChI is InChI=1S/C16H10Cl2N2O/c17-13-5-3-12(15(18)9-13)4-8-16(21)20-14-6-1-11(10-19)2-7-14/h1-9H,(H,20,21)/b8-4+. The maximum atomic E-state index is 11.8. The van der Waals surface area contributed by atoms with E-state index in [1.807, 2.05) is 6.07 Å². The Morgan fingerprint density at radius 3 is 2.48 bits per heavy atom. The summed E-state index contributed by atoms with van der Waals surface area (Å²) in [5.41, 5.74) is 1.86. The van der Waals surface area contributed by atoms with Crippen molar-refractivity contribution in [3.8, 4) is 6.07 Å². The molecule has 2 aromatic rings. The number of nitrogens with zero attached hydrogens (tertiary/aromatic N) is 1. The molecule has 0 fully saturated rings. The molecule has 2 aromatic carbocycles. The van der Waals surface area contributed by atoms with Crippen LogP contribution in [-0.2, 0) is 4.79 Å². The normalized spacial score (nSPS) is 10.3. The molecule has 2 rings (SSSR count). The van der Waals surface area contributed by atoms with Gasteiger partial charge in [0, 0.05) is 21.8 Å². The van der Waals surface area contributed by atoms with Gasteiger partial charge in [0.2, 0.25) is 5.91 Å². The third-order valence-electron chi connectivity index (χ3n) is 2.66. The lowest BCUT2D eigenvalue weighted by atomic mass is 10.2. The van der Waals surface area contributed by atoms with Crippen molar-refractivity contribution >= 4 is 40.9 Å². The van der Waals surface area contributed by atoms with Crippen molar-refractivity contribution in [2.75, 3.05) is 5.32 Å². The third-order valence-corrected chi connectivity index (χ3v) is 3.22. The molecule has 5 heteroatoms. The van der Waals surface area contributed by atoms with E-state index in [9.17, 15) is 4.79 Å². The Bertz CT molecular complexity index is 731. The number of nitriles is 1. The third kappa shape index (κ3) is 4.35. The topological polar surface area (TPSA) is 52.9 Å². The Labute approximate surface area is 132 Å². The van der Waals surface area contributed by atoms with E-state index in [0.29, 0.717) is 26.9 Å². The molecule has 0 aromatic heterocycles. The number of nitrogens with one attached hydrogen (secondary N) is 1. The van der Waals surface area contributed by atoms with Gasteiger partial charge in [0.1, 0.15) is 0 Å². The van der Waals surface area contributed by atoms with Gasteiger partial charge in [0.05, 0.1) is 11.6 Å². The largest absolute Gasteiger partial charge is 0.323 e. The van der Waals surface area contributed by atoms with Crippen LogP contribution >= 0.6 is 23.2 Å². The van der Waals surface area contributed by atoms with E-state index in [1.54, 1.807) is 48.5 Å². The molecule has 1 amide bonds. The molecule has 0 saturated carbocycles. The predicted octanol–water partition coefficient (Wildman–Crippen LogP) is 4.52. The minimum Gasteiger partial charge on any atom is -0.323 e. The lowest BCUT2D eigenvalue weighted by Crippen LogP contribution is -2.07. The predicted molar refractivity (Wildman–Crippen MR) is 85.3 cm³/mol. The van der Waals surface area contributed by atoms with Crippen LogP contribution in [0.4, 0.5) is 5.69 Å². The molecule has 0 spiro atoms. The van der Waals surface area contributed by atoms with Gasteiger partial charge < -0.3 is 5.32 Å². The van der Waals surface area contributed by atoms with Gasteiger partial charge in [-0.1, -0.05) is 29.3 Å². The van der Waals surface area contributed by atoms with E-state index >= 15 is 0 Å². The second kappa shape index (κ2) is 6.94. The fourth-order valence-corrected chi connectivity index (χ4v) is 2.09. The van der Waals surface area contributed by atoms with Crippen LogP contribution in [0.1, 0.15) is 11.1 Å². The second-order valence-electron chi connectivity index (χ2n) is 4.18. The molecule has 0 heterocycles. The molecule has 0 unspecified atom stereocenters. The summed E-state index contributed by atoms with van der Waals surface area (Å²) in [6.45, 7) is 0. The van der Waals surface area contributed by atoms with Crippen molar-refractivity contribution in [2.24, 2.45) is 0 Å². The first-order valence-electron chi connectivity index (χ1n) is 6.03. The minimum absolute atomic E-state index is 0.286. The fourth-order valence-electron chi connectivity index (χ4n) is 1.61. The van der Waals surface area contributed by atoms with E-state index in [0.717, 1.165) is 0 Å². The summed E-state index contributed by atoms with van der Waals surface area (Å²) < 4.78 is 0. The molecule has 1 N–H and O–H groups in total. The summed E-state index contributed by atoms with van der Waals surface area (Å²) in [5.74, 6) is -0.286. The highest BCUT2D eigenvalue weighted by Gasteiger charge is 2.01. The Morgan fingerprint density at radius 1 is 1.14 bits per heavy atom. The molecule has 0 aliphatic heterocycles. The number of amides is 1. The fraction of sp³-hybridized carbons (Fsp3) is 0. The van der Waals surface area contributed by atoms with Gasteiger partial charge in [0.25, 0.3) is 0 Å². The minimum atomic E-state index is -0.286. The van der Waals surface area contributed by atoms with Gasteiger partial charge in [-0.05, 0) is 48.0 Å². The van der Waals surface area contributed by atoms with E-state index in [1.165, 1.54) is 6.08 Å². The molecule has 0 radical (unpaired) electrons. The Hall–Kier alpha value is -2.28. The van der Waals surface area contributed by atoms with Crippen molar-refractivity contribution in [2.45, 2.75) is 0 Å². The summed E-state index contributed by atoms with van der Waals surface area (Å²) in [6.07, 6.45) is 2.99. The van der Waals surface area contributed by atoms with Gasteiger partial charge >= 0.3 is 0 Å². The monoisotopic (exact) mass is 316 g/mol. The van der Waals surface area contributed by atoms with Crippen molar-refractivity contribution in [1.82, 2.24) is 0 Å². The number of carbonyl (C=O) groups excluding carboxylic acids is 1. The van der Waals surface area contributed by atoms with Crippen molar-refractivity contribution < 1.29 is 4.79 Å². The molecule has 0 aliphatic carbocycles. The van der Waals surface area contributed by atoms with Crippen LogP contribution in [0, 0.1) is 11.3 Å². The number of carbonyl (C=O) groups is 1. The number of halogens is 2. The highest BCUT2D eigenvalue weighted by Crippen LogP contribution is 2.22. The van der Waals surface area contributed by atoms with Crippen LogP contribution in [0.5, 0.6) is 0 Å². The van der Waals surface area contributed by atoms with Gasteiger partial charge in [-0.2, -0.15) is 5.26 Å². The summed E-state index contributed by atoms with van der Waals surface area (Å²) in [4.78, 5) is 11.8. The molecule has 0 saturated heterocycles. The van der Waals surface area contributed by atoms with Gasteiger partial charge in [-0.25, -0.2) is 0 Å². The second-order valence-corrected chi connectivity index (χ2v) is 5.02. The lowest BCUT2D eigenvalue weighted by Gasteiger charge is -2.02. The van der Waals surface area contributed by atoms with Crippen LogP contribution in [0.2, 0.25) is 10.0 Å². The highest BCUT2D eigenvalue weighted by molar-refractivity contribution is 6.35. The van der Waals surface area contributed by atoms with Crippen LogP contribution in [0.25, 0.3) is 6.08 Å². The molecule has 3 nitrogen and oxygen atoms in total. The number of rotatable bonds is 3. The molecule has 0 aliphatic rings. The highest BCUT2D eigenvalue weighted by atomic mass is 35.5. The lowest BCUT2D eigenvalue weighted by molar-refractivity contribution is -0.111. The van der Waals surface area contributed by atoms with E-state index in [-0.39, 0.29) is 5.91 Å². The van der Waals surface area contributed by atoms with Crippen molar-refractivity contribution in [1.29, 1.82) is 5.26 Å². The molecular formula is C16H10Cl2N2O. The van der Waals surface area contributed by atoms with Crippen molar-refractivity contribution in [3.63, 3.8) is 0 Å². The first kappa shape index (κ1) is 15.1. The average molecular weight is 317 g/mol. The molecular weight excluding hydrogens is 307 g/mol. The van der Waals surface area contributed by atoms with E-state index in [4.69, 9.17) is 28.5 Å². The maximum Gasteiger partial charge on any atom is 0.248 e.